The summed E-state index contributed by atoms with van der Waals surface area (Å²) in [5.74, 6) is 0.719. The molecule has 1 fully saturated rings. The summed E-state index contributed by atoms with van der Waals surface area (Å²) < 4.78 is 38.1. The van der Waals surface area contributed by atoms with Crippen molar-refractivity contribution in [2.45, 2.75) is 91.6 Å². The van der Waals surface area contributed by atoms with E-state index >= 15 is 4.39 Å². The SMILES string of the molecule is CCCN(C(=O)C(NC(=O)OC)C(C)C)C(C)c1ncc(-c2ccc3c(c2)c(F)c2c4ccc(-c5cnc(C6CC(F)CN6C(=O)C(NC)C(C)C)[nH]5)cc4nc(C)n32)[nH]1. The number of aromatic amines is 2. The molecule has 0 radical (unpaired) electrons. The van der Waals surface area contributed by atoms with Crippen molar-refractivity contribution in [3.63, 3.8) is 0 Å². The molecule has 0 saturated carbocycles. The Morgan fingerprint density at radius 3 is 2.33 bits per heavy atom. The number of hydrogen-bond donors (Lipinski definition) is 4. The van der Waals surface area contributed by atoms with Gasteiger partial charge in [-0.1, -0.05) is 46.8 Å². The first kappa shape index (κ1) is 42.2. The topological polar surface area (TPSA) is 166 Å². The molecule has 60 heavy (non-hydrogen) atoms. The highest BCUT2D eigenvalue weighted by Gasteiger charge is 2.41. The number of halogens is 2. The number of methoxy groups -OCH3 is 1. The molecule has 5 atom stereocenters. The fraction of sp³-hybridized carbons (Fsp3) is 0.455. The predicted molar refractivity (Wildman–Crippen MR) is 226 cm³/mol. The van der Waals surface area contributed by atoms with Gasteiger partial charge in [-0.3, -0.25) is 14.0 Å². The van der Waals surface area contributed by atoms with Crippen LogP contribution in [0.1, 0.15) is 83.9 Å². The van der Waals surface area contributed by atoms with E-state index in [1.165, 1.54) is 7.11 Å². The minimum atomic E-state index is -1.16. The number of nitrogens with one attached hydrogen (secondary N) is 4. The highest BCUT2D eigenvalue weighted by atomic mass is 19.1. The van der Waals surface area contributed by atoms with Crippen molar-refractivity contribution >= 4 is 45.2 Å². The minimum Gasteiger partial charge on any atom is -0.453 e. The Morgan fingerprint density at radius 1 is 0.967 bits per heavy atom. The van der Waals surface area contributed by atoms with Crippen LogP contribution < -0.4 is 10.6 Å². The van der Waals surface area contributed by atoms with Crippen LogP contribution in [0.25, 0.3) is 49.8 Å². The van der Waals surface area contributed by atoms with Gasteiger partial charge in [-0.2, -0.15) is 0 Å². The van der Waals surface area contributed by atoms with Crippen LogP contribution in [0, 0.1) is 24.6 Å². The summed E-state index contributed by atoms with van der Waals surface area (Å²) in [6, 6.07) is 8.94. The van der Waals surface area contributed by atoms with Crippen molar-refractivity contribution in [2.24, 2.45) is 11.8 Å². The lowest BCUT2D eigenvalue weighted by molar-refractivity contribution is -0.137. The number of imidazole rings is 2. The Kier molecular flexibility index (Phi) is 12.0. The lowest BCUT2D eigenvalue weighted by atomic mass is 10.0. The molecule has 5 heterocycles. The number of likely N-dealkylation sites (N-methyl/N-ethyl adjacent to an activating group) is 1. The zero-order valence-corrected chi connectivity index (χ0v) is 35.6. The zero-order chi connectivity index (χ0) is 43.2. The number of alkyl halides is 1. The second-order valence-corrected chi connectivity index (χ2v) is 16.4. The molecule has 0 spiro atoms. The number of likely N-dealkylation sites (tertiary alicyclic amines) is 1. The first-order valence-electron chi connectivity index (χ1n) is 20.6. The Bertz CT molecular complexity index is 2560. The largest absolute Gasteiger partial charge is 0.453 e. The predicted octanol–water partition coefficient (Wildman–Crippen LogP) is 7.40. The fourth-order valence-electron chi connectivity index (χ4n) is 8.53. The molecule has 1 aliphatic rings. The van der Waals surface area contributed by atoms with Gasteiger partial charge in [-0.25, -0.2) is 28.5 Å². The number of aryl methyl sites for hydroxylation is 1. The van der Waals surface area contributed by atoms with Gasteiger partial charge in [0.15, 0.2) is 5.82 Å². The average Bonchev–Trinajstić information content (AvgIpc) is 4.04. The number of H-pyrrole nitrogens is 2. The van der Waals surface area contributed by atoms with Gasteiger partial charge < -0.3 is 35.1 Å². The van der Waals surface area contributed by atoms with Crippen molar-refractivity contribution < 1.29 is 27.9 Å². The van der Waals surface area contributed by atoms with Gasteiger partial charge in [0.1, 0.15) is 29.7 Å². The van der Waals surface area contributed by atoms with E-state index in [4.69, 9.17) is 9.72 Å². The van der Waals surface area contributed by atoms with Gasteiger partial charge in [0.25, 0.3) is 0 Å². The Balaban J connectivity index is 1.18. The number of rotatable bonds is 13. The number of benzene rings is 2. The van der Waals surface area contributed by atoms with Crippen molar-refractivity contribution in [1.29, 1.82) is 0 Å². The van der Waals surface area contributed by atoms with Gasteiger partial charge in [0, 0.05) is 34.9 Å². The van der Waals surface area contributed by atoms with E-state index in [0.717, 1.165) is 5.56 Å². The first-order chi connectivity index (χ1) is 28.7. The van der Waals surface area contributed by atoms with Crippen molar-refractivity contribution in [2.75, 3.05) is 27.2 Å². The van der Waals surface area contributed by atoms with Gasteiger partial charge in [0.2, 0.25) is 11.8 Å². The van der Waals surface area contributed by atoms with Crippen LogP contribution in [-0.4, -0.2) is 103 Å². The first-order valence-corrected chi connectivity index (χ1v) is 20.6. The maximum Gasteiger partial charge on any atom is 0.407 e. The quantitative estimate of drug-likeness (QED) is 0.0936. The molecule has 14 nitrogen and oxygen atoms in total. The third-order valence-corrected chi connectivity index (χ3v) is 11.7. The van der Waals surface area contributed by atoms with Gasteiger partial charge in [-0.05, 0) is 63.4 Å². The Labute approximate surface area is 347 Å². The van der Waals surface area contributed by atoms with E-state index in [9.17, 15) is 18.8 Å². The lowest BCUT2D eigenvalue weighted by Gasteiger charge is -2.33. The number of aromatic nitrogens is 6. The van der Waals surface area contributed by atoms with Gasteiger partial charge >= 0.3 is 6.09 Å². The molecular weight excluding hydrogens is 771 g/mol. The third kappa shape index (κ3) is 7.68. The second kappa shape index (κ2) is 17.0. The van der Waals surface area contributed by atoms with Crippen LogP contribution in [0.3, 0.4) is 0 Å². The normalized spacial score (nSPS) is 17.2. The van der Waals surface area contributed by atoms with Crippen LogP contribution in [-0.2, 0) is 14.3 Å². The van der Waals surface area contributed by atoms with Crippen LogP contribution in [0.15, 0.2) is 48.8 Å². The van der Waals surface area contributed by atoms with E-state index < -0.39 is 42.2 Å². The molecule has 6 aromatic rings. The Hall–Kier alpha value is -5.90. The summed E-state index contributed by atoms with van der Waals surface area (Å²) in [5.41, 5.74) is 4.45. The van der Waals surface area contributed by atoms with Crippen LogP contribution in [0.2, 0.25) is 0 Å². The summed E-state index contributed by atoms with van der Waals surface area (Å²) >= 11 is 0. The van der Waals surface area contributed by atoms with Crippen molar-refractivity contribution in [3.8, 4) is 22.5 Å². The number of alkyl carbamates (subject to hydrolysis) is 1. The summed E-state index contributed by atoms with van der Waals surface area (Å²) in [5, 5.41) is 6.78. The monoisotopic (exact) mass is 824 g/mol. The van der Waals surface area contributed by atoms with Gasteiger partial charge in [-0.15, -0.1) is 0 Å². The molecule has 16 heteroatoms. The number of ether oxygens (including phenoxy) is 1. The molecule has 2 aromatic carbocycles. The molecule has 5 unspecified atom stereocenters. The molecule has 7 rings (SSSR count). The molecule has 318 valence electrons. The molecule has 4 N–H and O–H groups in total. The van der Waals surface area contributed by atoms with Crippen molar-refractivity contribution in [3.05, 3.63) is 72.1 Å². The molecule has 4 aromatic heterocycles. The zero-order valence-electron chi connectivity index (χ0n) is 35.6. The highest BCUT2D eigenvalue weighted by molar-refractivity contribution is 6.03. The van der Waals surface area contributed by atoms with Gasteiger partial charge in [0.05, 0.1) is 72.1 Å². The van der Waals surface area contributed by atoms with E-state index in [1.54, 1.807) is 35.3 Å². The molecule has 0 bridgehead atoms. The number of carbonyl (C=O) groups is 3. The smallest absolute Gasteiger partial charge is 0.407 e. The van der Waals surface area contributed by atoms with E-state index in [-0.39, 0.29) is 36.6 Å². The lowest BCUT2D eigenvalue weighted by Crippen LogP contribution is -2.52. The summed E-state index contributed by atoms with van der Waals surface area (Å²) in [6.07, 6.45) is 2.37. The molecule has 1 saturated heterocycles. The fourth-order valence-corrected chi connectivity index (χ4v) is 8.53. The second-order valence-electron chi connectivity index (χ2n) is 16.4. The van der Waals surface area contributed by atoms with Crippen LogP contribution in [0.4, 0.5) is 13.6 Å². The summed E-state index contributed by atoms with van der Waals surface area (Å²) in [4.78, 5) is 63.4. The maximum atomic E-state index is 16.7. The molecule has 0 aliphatic carbocycles. The van der Waals surface area contributed by atoms with Crippen molar-refractivity contribution in [1.82, 2.24) is 49.8 Å². The molecule has 1 aliphatic heterocycles. The standard InChI is InChI=1S/C44H54F2N10O4/c1-10-15-54(43(58)38(23(4)5)53-44(59)60-9)24(6)40-48-19-32(51-40)26-12-14-34-30(16-26)36(46)39-29-13-11-27(17-31(29)50-25(7)56(34)39)33-20-49-41(52-33)35-18-28(45)21-55(35)42(57)37(47-8)22(2)3/h11-14,16-17,19-20,22-24,28,35,37-38,47H,10,15,18,21H2,1-9H3,(H,48,51)(H,49,52)(H,53,59). The maximum absolute atomic E-state index is 16.7. The highest BCUT2D eigenvalue weighted by Crippen LogP contribution is 2.37. The third-order valence-electron chi connectivity index (χ3n) is 11.7. The number of amides is 3. The number of carbonyl (C=O) groups excluding carboxylic acids is 3. The minimum absolute atomic E-state index is 0.0122. The number of nitrogens with zero attached hydrogens (tertiary/aromatic N) is 6. The Morgan fingerprint density at radius 2 is 1.65 bits per heavy atom. The molecule has 3 amide bonds. The number of hydrogen-bond acceptors (Lipinski definition) is 8. The van der Waals surface area contributed by atoms with E-state index in [1.807, 2.05) is 83.2 Å². The molecular formula is C44H54F2N10O4. The summed E-state index contributed by atoms with van der Waals surface area (Å²) in [7, 11) is 3.00. The average molecular weight is 825 g/mol. The summed E-state index contributed by atoms with van der Waals surface area (Å²) in [6.45, 7) is 13.8. The van der Waals surface area contributed by atoms with Crippen LogP contribution >= 0.6 is 0 Å². The van der Waals surface area contributed by atoms with E-state index in [0.29, 0.717) is 74.7 Å². The van der Waals surface area contributed by atoms with E-state index in [2.05, 4.69) is 30.6 Å². The number of fused-ring (bicyclic) bond motifs is 5. The van der Waals surface area contributed by atoms with Crippen LogP contribution in [0.5, 0.6) is 0 Å².